The highest BCUT2D eigenvalue weighted by molar-refractivity contribution is 5.87. The van der Waals surface area contributed by atoms with Crippen LogP contribution in [0.15, 0.2) is 55.0 Å². The molecule has 1 N–H and O–H groups in total. The molecule has 24 heavy (non-hydrogen) atoms. The van der Waals surface area contributed by atoms with Crippen molar-refractivity contribution in [3.63, 3.8) is 0 Å². The monoisotopic (exact) mass is 320 g/mol. The van der Waals surface area contributed by atoms with Crippen molar-refractivity contribution in [1.82, 2.24) is 14.4 Å². The summed E-state index contributed by atoms with van der Waals surface area (Å²) >= 11 is 0. The maximum atomic E-state index is 5.39. The molecule has 0 spiro atoms. The molecule has 0 radical (unpaired) electrons. The van der Waals surface area contributed by atoms with Crippen LogP contribution in [0.2, 0.25) is 0 Å². The van der Waals surface area contributed by atoms with Gasteiger partial charge in [0, 0.05) is 17.8 Å². The maximum absolute atomic E-state index is 5.39. The van der Waals surface area contributed by atoms with E-state index < -0.39 is 0 Å². The average Bonchev–Trinajstić information content (AvgIpc) is 3.12. The van der Waals surface area contributed by atoms with Gasteiger partial charge < -0.3 is 14.8 Å². The average molecular weight is 320 g/mol. The summed E-state index contributed by atoms with van der Waals surface area (Å²) in [6.45, 7) is 0. The van der Waals surface area contributed by atoms with E-state index in [0.29, 0.717) is 11.5 Å². The van der Waals surface area contributed by atoms with Gasteiger partial charge in [0.25, 0.3) is 0 Å². The number of nitrogens with zero attached hydrogens (tertiary/aromatic N) is 3. The summed E-state index contributed by atoms with van der Waals surface area (Å²) in [4.78, 5) is 9.01. The molecule has 0 fully saturated rings. The smallest absolute Gasteiger partial charge is 0.163 e. The zero-order valence-corrected chi connectivity index (χ0v) is 13.4. The van der Waals surface area contributed by atoms with E-state index in [1.54, 1.807) is 26.7 Å². The second-order valence-corrected chi connectivity index (χ2v) is 5.30. The lowest BCUT2D eigenvalue weighted by molar-refractivity contribution is 0.355. The first-order chi connectivity index (χ1) is 11.8. The normalized spacial score (nSPS) is 10.9. The van der Waals surface area contributed by atoms with Crippen LogP contribution >= 0.6 is 0 Å². The summed E-state index contributed by atoms with van der Waals surface area (Å²) in [6, 6.07) is 13.7. The second-order valence-electron chi connectivity index (χ2n) is 5.30. The Balaban J connectivity index is 1.95. The number of rotatable bonds is 4. The van der Waals surface area contributed by atoms with Gasteiger partial charge in [0.2, 0.25) is 0 Å². The van der Waals surface area contributed by atoms with E-state index in [-0.39, 0.29) is 0 Å². The topological polar surface area (TPSA) is 60.7 Å². The largest absolute Gasteiger partial charge is 0.493 e. The number of imidazole rings is 1. The van der Waals surface area contributed by atoms with Crippen molar-refractivity contribution >= 4 is 28.1 Å². The summed E-state index contributed by atoms with van der Waals surface area (Å²) in [5, 5.41) is 3.35. The molecule has 0 aliphatic carbocycles. The second kappa shape index (κ2) is 5.73. The fourth-order valence-electron chi connectivity index (χ4n) is 2.73. The SMILES string of the molecule is COc1cc2nc(Nc3ccccc3)c3cncn3c2cc1OC. The molecule has 0 saturated heterocycles. The van der Waals surface area contributed by atoms with Gasteiger partial charge in [0.05, 0.1) is 37.8 Å². The van der Waals surface area contributed by atoms with Crippen LogP contribution in [-0.4, -0.2) is 28.6 Å². The first-order valence-electron chi connectivity index (χ1n) is 7.50. The molecule has 0 saturated carbocycles. The molecule has 0 atom stereocenters. The molecule has 2 heterocycles. The molecule has 0 unspecified atom stereocenters. The van der Waals surface area contributed by atoms with Gasteiger partial charge >= 0.3 is 0 Å². The number of benzene rings is 2. The number of methoxy groups -OCH3 is 2. The molecule has 0 amide bonds. The highest BCUT2D eigenvalue weighted by Crippen LogP contribution is 2.33. The third-order valence-electron chi connectivity index (χ3n) is 3.89. The van der Waals surface area contributed by atoms with Crippen molar-refractivity contribution in [2.45, 2.75) is 0 Å². The molecule has 0 aliphatic rings. The predicted molar refractivity (Wildman–Crippen MR) is 93.3 cm³/mol. The van der Waals surface area contributed by atoms with Crippen molar-refractivity contribution < 1.29 is 9.47 Å². The number of nitrogens with one attached hydrogen (secondary N) is 1. The molecule has 0 aliphatic heterocycles. The lowest BCUT2D eigenvalue weighted by Crippen LogP contribution is -2.00. The number of anilines is 2. The van der Waals surface area contributed by atoms with Crippen LogP contribution in [0, 0.1) is 0 Å². The van der Waals surface area contributed by atoms with E-state index in [1.165, 1.54) is 0 Å². The highest BCUT2D eigenvalue weighted by Gasteiger charge is 2.13. The molecule has 4 rings (SSSR count). The summed E-state index contributed by atoms with van der Waals surface area (Å²) in [5.41, 5.74) is 3.54. The van der Waals surface area contributed by atoms with Gasteiger partial charge in [-0.05, 0) is 12.1 Å². The fraction of sp³-hybridized carbons (Fsp3) is 0.111. The number of aromatic nitrogens is 3. The van der Waals surface area contributed by atoms with Crippen LogP contribution in [-0.2, 0) is 0 Å². The van der Waals surface area contributed by atoms with Gasteiger partial charge in [-0.2, -0.15) is 0 Å². The lowest BCUT2D eigenvalue weighted by atomic mass is 10.2. The van der Waals surface area contributed by atoms with Crippen molar-refractivity contribution in [2.75, 3.05) is 19.5 Å². The fourth-order valence-corrected chi connectivity index (χ4v) is 2.73. The zero-order valence-electron chi connectivity index (χ0n) is 13.4. The Kier molecular flexibility index (Phi) is 3.42. The van der Waals surface area contributed by atoms with Gasteiger partial charge in [-0.25, -0.2) is 9.97 Å². The summed E-state index contributed by atoms with van der Waals surface area (Å²) in [5.74, 6) is 2.03. The molecule has 6 nitrogen and oxygen atoms in total. The molecular weight excluding hydrogens is 304 g/mol. The Morgan fingerprint density at radius 1 is 0.958 bits per heavy atom. The number of ether oxygens (including phenoxy) is 2. The van der Waals surface area contributed by atoms with E-state index >= 15 is 0 Å². The molecular formula is C18H16N4O2. The number of fused-ring (bicyclic) bond motifs is 3. The molecule has 2 aromatic carbocycles. The van der Waals surface area contributed by atoms with E-state index in [9.17, 15) is 0 Å². The Morgan fingerprint density at radius 3 is 2.46 bits per heavy atom. The summed E-state index contributed by atoms with van der Waals surface area (Å²) in [7, 11) is 3.23. The third kappa shape index (κ3) is 2.28. The maximum Gasteiger partial charge on any atom is 0.163 e. The Morgan fingerprint density at radius 2 is 1.71 bits per heavy atom. The molecule has 120 valence electrons. The van der Waals surface area contributed by atoms with E-state index in [4.69, 9.17) is 14.5 Å². The number of hydrogen-bond acceptors (Lipinski definition) is 5. The van der Waals surface area contributed by atoms with Crippen molar-refractivity contribution in [3.8, 4) is 11.5 Å². The van der Waals surface area contributed by atoms with Crippen molar-refractivity contribution in [3.05, 3.63) is 55.0 Å². The summed E-state index contributed by atoms with van der Waals surface area (Å²) in [6.07, 6.45) is 3.55. The minimum atomic E-state index is 0.641. The molecule has 4 aromatic rings. The van der Waals surface area contributed by atoms with Gasteiger partial charge in [0.15, 0.2) is 17.3 Å². The molecule has 6 heteroatoms. The zero-order chi connectivity index (χ0) is 16.5. The van der Waals surface area contributed by atoms with Crippen LogP contribution in [0.1, 0.15) is 0 Å². The van der Waals surface area contributed by atoms with Crippen molar-refractivity contribution in [1.29, 1.82) is 0 Å². The van der Waals surface area contributed by atoms with E-state index in [1.807, 2.05) is 46.9 Å². The van der Waals surface area contributed by atoms with Crippen LogP contribution in [0.3, 0.4) is 0 Å². The van der Waals surface area contributed by atoms with Crippen LogP contribution < -0.4 is 14.8 Å². The lowest BCUT2D eigenvalue weighted by Gasteiger charge is -2.13. The van der Waals surface area contributed by atoms with Crippen LogP contribution in [0.25, 0.3) is 16.6 Å². The van der Waals surface area contributed by atoms with Crippen LogP contribution in [0.5, 0.6) is 11.5 Å². The highest BCUT2D eigenvalue weighted by atomic mass is 16.5. The number of para-hydroxylation sites is 1. The molecule has 0 bridgehead atoms. The van der Waals surface area contributed by atoms with Crippen LogP contribution in [0.4, 0.5) is 11.5 Å². The van der Waals surface area contributed by atoms with Gasteiger partial charge in [-0.3, -0.25) is 4.40 Å². The minimum absolute atomic E-state index is 0.641. The first-order valence-corrected chi connectivity index (χ1v) is 7.50. The third-order valence-corrected chi connectivity index (χ3v) is 3.89. The standard InChI is InChI=1S/C18H16N4O2/c1-23-16-8-13-14(9-17(16)24-2)22-11-19-10-15(22)18(21-13)20-12-6-4-3-5-7-12/h3-11H,1-2H3,(H,20,21). The van der Waals surface area contributed by atoms with Gasteiger partial charge in [-0.1, -0.05) is 18.2 Å². The predicted octanol–water partition coefficient (Wildman–Crippen LogP) is 3.64. The van der Waals surface area contributed by atoms with E-state index in [0.717, 1.165) is 28.1 Å². The quantitative estimate of drug-likeness (QED) is 0.622. The summed E-state index contributed by atoms with van der Waals surface area (Å²) < 4.78 is 12.8. The van der Waals surface area contributed by atoms with Crippen molar-refractivity contribution in [2.24, 2.45) is 0 Å². The van der Waals surface area contributed by atoms with Gasteiger partial charge in [0.1, 0.15) is 5.52 Å². The first kappa shape index (κ1) is 14.3. The Labute approximate surface area is 138 Å². The molecule has 2 aromatic heterocycles. The van der Waals surface area contributed by atoms with E-state index in [2.05, 4.69) is 10.3 Å². The Bertz CT molecular complexity index is 1010. The Hall–Kier alpha value is -3.28. The van der Waals surface area contributed by atoms with Gasteiger partial charge in [-0.15, -0.1) is 0 Å². The number of hydrogen-bond donors (Lipinski definition) is 1. The minimum Gasteiger partial charge on any atom is -0.493 e.